The average Bonchev–Trinajstić information content (AvgIpc) is 3.29. The van der Waals surface area contributed by atoms with E-state index in [1.54, 1.807) is 6.08 Å². The number of hydrogen-bond donors (Lipinski definition) is 1. The van der Waals surface area contributed by atoms with Crippen molar-refractivity contribution in [3.05, 3.63) is 70.9 Å². The summed E-state index contributed by atoms with van der Waals surface area (Å²) in [5.41, 5.74) is 5.94. The largest absolute Gasteiger partial charge is 0.493 e. The third-order valence-electron chi connectivity index (χ3n) is 5.33. The van der Waals surface area contributed by atoms with Crippen LogP contribution in [0.2, 0.25) is 0 Å². The van der Waals surface area contributed by atoms with Crippen molar-refractivity contribution in [1.29, 1.82) is 0 Å². The van der Waals surface area contributed by atoms with Crippen molar-refractivity contribution >= 4 is 22.9 Å². The molecule has 4 heteroatoms. The molecule has 0 fully saturated rings. The van der Waals surface area contributed by atoms with Gasteiger partial charge in [0.1, 0.15) is 5.75 Å². The van der Waals surface area contributed by atoms with E-state index in [-0.39, 0.29) is 5.91 Å². The number of para-hydroxylation sites is 1. The van der Waals surface area contributed by atoms with Crippen LogP contribution >= 0.6 is 0 Å². The van der Waals surface area contributed by atoms with Crippen LogP contribution in [0, 0.1) is 0 Å². The van der Waals surface area contributed by atoms with Crippen LogP contribution in [0.1, 0.15) is 22.4 Å². The maximum absolute atomic E-state index is 12.7. The maximum Gasteiger partial charge on any atom is 0.246 e. The molecule has 3 aromatic rings. The molecule has 130 valence electrons. The lowest BCUT2D eigenvalue weighted by molar-refractivity contribution is -0.126. The quantitative estimate of drug-likeness (QED) is 0.721. The van der Waals surface area contributed by atoms with Gasteiger partial charge in [0.2, 0.25) is 5.91 Å². The van der Waals surface area contributed by atoms with Crippen molar-refractivity contribution in [3.8, 4) is 5.75 Å². The molecule has 0 spiro atoms. The fraction of sp³-hybridized carbons (Fsp3) is 0.227. The van der Waals surface area contributed by atoms with Crippen molar-refractivity contribution in [3.63, 3.8) is 0 Å². The van der Waals surface area contributed by atoms with E-state index >= 15 is 0 Å². The molecule has 5 rings (SSSR count). The Hall–Kier alpha value is -3.01. The van der Waals surface area contributed by atoms with Gasteiger partial charge in [-0.3, -0.25) is 4.79 Å². The summed E-state index contributed by atoms with van der Waals surface area (Å²) in [7, 11) is 0. The second-order valence-corrected chi connectivity index (χ2v) is 6.94. The van der Waals surface area contributed by atoms with E-state index in [0.29, 0.717) is 6.54 Å². The highest BCUT2D eigenvalue weighted by Gasteiger charge is 2.22. The summed E-state index contributed by atoms with van der Waals surface area (Å²) < 4.78 is 5.53. The van der Waals surface area contributed by atoms with Crippen LogP contribution in [0.25, 0.3) is 17.0 Å². The molecule has 0 radical (unpaired) electrons. The molecule has 0 atom stereocenters. The second-order valence-electron chi connectivity index (χ2n) is 6.94. The first-order valence-corrected chi connectivity index (χ1v) is 9.09. The Morgan fingerprint density at radius 3 is 3.04 bits per heavy atom. The molecule has 2 aliphatic rings. The topological polar surface area (TPSA) is 45.3 Å². The van der Waals surface area contributed by atoms with Crippen molar-refractivity contribution < 1.29 is 9.53 Å². The van der Waals surface area contributed by atoms with Gasteiger partial charge in [0.05, 0.1) is 6.61 Å². The molecule has 4 nitrogen and oxygen atoms in total. The van der Waals surface area contributed by atoms with Gasteiger partial charge in [-0.05, 0) is 35.4 Å². The Labute approximate surface area is 152 Å². The highest BCUT2D eigenvalue weighted by atomic mass is 16.5. The SMILES string of the molecule is O=C(/C=C/c1ccc2c(c1)CCO2)N1CCc2[nH]c3ccccc3c2C1. The van der Waals surface area contributed by atoms with Crippen molar-refractivity contribution in [1.82, 2.24) is 9.88 Å². The zero-order chi connectivity index (χ0) is 17.5. The lowest BCUT2D eigenvalue weighted by Gasteiger charge is -2.26. The highest BCUT2D eigenvalue weighted by Crippen LogP contribution is 2.28. The summed E-state index contributed by atoms with van der Waals surface area (Å²) in [4.78, 5) is 18.1. The molecular weight excluding hydrogens is 324 g/mol. The van der Waals surface area contributed by atoms with Crippen molar-refractivity contribution in [2.45, 2.75) is 19.4 Å². The number of amides is 1. The van der Waals surface area contributed by atoms with Gasteiger partial charge in [-0.25, -0.2) is 0 Å². The monoisotopic (exact) mass is 344 g/mol. The second kappa shape index (κ2) is 6.06. The van der Waals surface area contributed by atoms with E-state index in [1.807, 2.05) is 29.2 Å². The molecular formula is C22H20N2O2. The molecule has 26 heavy (non-hydrogen) atoms. The van der Waals surface area contributed by atoms with E-state index in [2.05, 4.69) is 29.2 Å². The van der Waals surface area contributed by atoms with Crippen molar-refractivity contribution in [2.24, 2.45) is 0 Å². The molecule has 3 heterocycles. The van der Waals surface area contributed by atoms with Crippen LogP contribution in [0.3, 0.4) is 0 Å². The summed E-state index contributed by atoms with van der Waals surface area (Å²) in [6, 6.07) is 14.4. The number of ether oxygens (including phenoxy) is 1. The predicted molar refractivity (Wildman–Crippen MR) is 102 cm³/mol. The minimum Gasteiger partial charge on any atom is -0.493 e. The molecule has 0 saturated carbocycles. The van der Waals surface area contributed by atoms with Crippen LogP contribution in [-0.4, -0.2) is 28.9 Å². The molecule has 0 saturated heterocycles. The fourth-order valence-electron chi connectivity index (χ4n) is 3.94. The van der Waals surface area contributed by atoms with Crippen LogP contribution in [0.4, 0.5) is 0 Å². The Morgan fingerprint density at radius 2 is 2.08 bits per heavy atom. The van der Waals surface area contributed by atoms with E-state index in [1.165, 1.54) is 22.2 Å². The minimum absolute atomic E-state index is 0.0673. The minimum atomic E-state index is 0.0673. The number of aromatic nitrogens is 1. The van der Waals surface area contributed by atoms with E-state index in [4.69, 9.17) is 4.74 Å². The average molecular weight is 344 g/mol. The van der Waals surface area contributed by atoms with Crippen molar-refractivity contribution in [2.75, 3.05) is 13.2 Å². The van der Waals surface area contributed by atoms with Gasteiger partial charge in [0.25, 0.3) is 0 Å². The number of benzene rings is 2. The standard InChI is InChI=1S/C22H20N2O2/c25-22(8-6-15-5-7-21-16(13-15)10-12-26-21)24-11-9-20-18(14-24)17-3-1-2-4-19(17)23-20/h1-8,13,23H,9-12,14H2/b8-6+. The molecule has 1 aromatic heterocycles. The van der Waals surface area contributed by atoms with Crippen LogP contribution < -0.4 is 4.74 Å². The number of rotatable bonds is 2. The van der Waals surface area contributed by atoms with Crippen LogP contribution in [-0.2, 0) is 24.2 Å². The third kappa shape index (κ3) is 2.58. The van der Waals surface area contributed by atoms with Gasteiger partial charge >= 0.3 is 0 Å². The zero-order valence-electron chi connectivity index (χ0n) is 14.5. The number of carbonyl (C=O) groups is 1. The number of carbonyl (C=O) groups excluding carboxylic acids is 1. The van der Waals surface area contributed by atoms with E-state index in [0.717, 1.165) is 42.8 Å². The summed E-state index contributed by atoms with van der Waals surface area (Å²) in [6.07, 6.45) is 5.42. The fourth-order valence-corrected chi connectivity index (χ4v) is 3.94. The zero-order valence-corrected chi connectivity index (χ0v) is 14.5. The lowest BCUT2D eigenvalue weighted by atomic mass is 10.0. The number of aromatic amines is 1. The van der Waals surface area contributed by atoms with Crippen LogP contribution in [0.15, 0.2) is 48.5 Å². The predicted octanol–water partition coefficient (Wildman–Crippen LogP) is 3.70. The smallest absolute Gasteiger partial charge is 0.246 e. The first-order chi connectivity index (χ1) is 12.8. The van der Waals surface area contributed by atoms with Gasteiger partial charge in [-0.15, -0.1) is 0 Å². The summed E-state index contributed by atoms with van der Waals surface area (Å²) in [6.45, 7) is 2.17. The summed E-state index contributed by atoms with van der Waals surface area (Å²) in [5, 5.41) is 1.22. The van der Waals surface area contributed by atoms with Gasteiger partial charge < -0.3 is 14.6 Å². The molecule has 0 aliphatic carbocycles. The first kappa shape index (κ1) is 15.3. The normalized spacial score (nSPS) is 15.9. The Morgan fingerprint density at radius 1 is 1.15 bits per heavy atom. The maximum atomic E-state index is 12.7. The molecule has 0 unspecified atom stereocenters. The number of H-pyrrole nitrogens is 1. The van der Waals surface area contributed by atoms with Gasteiger partial charge in [-0.2, -0.15) is 0 Å². The molecule has 1 amide bonds. The molecule has 0 bridgehead atoms. The third-order valence-corrected chi connectivity index (χ3v) is 5.33. The van der Waals surface area contributed by atoms with Gasteiger partial charge in [0, 0.05) is 54.2 Å². The number of nitrogens with one attached hydrogen (secondary N) is 1. The van der Waals surface area contributed by atoms with E-state index < -0.39 is 0 Å². The summed E-state index contributed by atoms with van der Waals surface area (Å²) >= 11 is 0. The number of hydrogen-bond acceptors (Lipinski definition) is 2. The summed E-state index contributed by atoms with van der Waals surface area (Å²) in [5.74, 6) is 1.04. The molecule has 2 aromatic carbocycles. The Bertz CT molecular complexity index is 1030. The molecule has 2 aliphatic heterocycles. The Kier molecular flexibility index (Phi) is 3.56. The lowest BCUT2D eigenvalue weighted by Crippen LogP contribution is -2.34. The number of fused-ring (bicyclic) bond motifs is 4. The van der Waals surface area contributed by atoms with E-state index in [9.17, 15) is 4.79 Å². The van der Waals surface area contributed by atoms with Crippen LogP contribution in [0.5, 0.6) is 5.75 Å². The highest BCUT2D eigenvalue weighted by molar-refractivity contribution is 5.93. The number of nitrogens with zero attached hydrogens (tertiary/aromatic N) is 1. The first-order valence-electron chi connectivity index (χ1n) is 9.09. The van der Waals surface area contributed by atoms with Gasteiger partial charge in [0.15, 0.2) is 0 Å². The molecule has 1 N–H and O–H groups in total. The Balaban J connectivity index is 1.35. The van der Waals surface area contributed by atoms with Gasteiger partial charge in [-0.1, -0.05) is 24.3 Å².